The van der Waals surface area contributed by atoms with Crippen molar-refractivity contribution in [3.05, 3.63) is 40.3 Å². The number of piperazine rings is 1. The minimum atomic E-state index is -1.12. The zero-order chi connectivity index (χ0) is 17.1. The first kappa shape index (κ1) is 16.2. The highest BCUT2D eigenvalue weighted by Gasteiger charge is 2.25. The molecule has 1 fully saturated rings. The number of carboxylic acids is 1. The highest BCUT2D eigenvalue weighted by molar-refractivity contribution is 7.12. The average Bonchev–Trinajstić information content (AvgIpc) is 3.26. The number of carbonyl (C=O) groups is 3. The number of hydrogen-bond acceptors (Lipinski definition) is 5. The molecule has 0 spiro atoms. The molecule has 0 aromatic carbocycles. The van der Waals surface area contributed by atoms with Crippen molar-refractivity contribution in [2.45, 2.75) is 6.54 Å². The molecule has 126 valence electrons. The molecule has 1 N–H and O–H groups in total. The van der Waals surface area contributed by atoms with Crippen molar-refractivity contribution in [1.29, 1.82) is 0 Å². The van der Waals surface area contributed by atoms with Crippen LogP contribution in [0.1, 0.15) is 20.2 Å². The van der Waals surface area contributed by atoms with Crippen molar-refractivity contribution in [2.75, 3.05) is 26.2 Å². The van der Waals surface area contributed by atoms with Gasteiger partial charge in [-0.3, -0.25) is 14.3 Å². The van der Waals surface area contributed by atoms with Crippen LogP contribution in [-0.2, 0) is 11.3 Å². The van der Waals surface area contributed by atoms with Crippen LogP contribution >= 0.6 is 11.3 Å². The minimum absolute atomic E-state index is 0.00437. The minimum Gasteiger partial charge on any atom is -0.476 e. The van der Waals surface area contributed by atoms with Crippen LogP contribution in [0, 0.1) is 0 Å². The second-order valence-electron chi connectivity index (χ2n) is 5.35. The first-order valence-corrected chi connectivity index (χ1v) is 8.30. The summed E-state index contributed by atoms with van der Waals surface area (Å²) in [5, 5.41) is 14.5. The summed E-state index contributed by atoms with van der Waals surface area (Å²) in [6.07, 6.45) is 1.47. The lowest BCUT2D eigenvalue weighted by molar-refractivity contribution is -0.133. The molecule has 8 nitrogen and oxygen atoms in total. The summed E-state index contributed by atoms with van der Waals surface area (Å²) in [5.41, 5.74) is -0.0887. The third-order valence-corrected chi connectivity index (χ3v) is 4.67. The van der Waals surface area contributed by atoms with E-state index in [2.05, 4.69) is 5.10 Å². The van der Waals surface area contributed by atoms with E-state index in [0.29, 0.717) is 31.1 Å². The van der Waals surface area contributed by atoms with Crippen molar-refractivity contribution in [2.24, 2.45) is 0 Å². The van der Waals surface area contributed by atoms with Gasteiger partial charge in [-0.2, -0.15) is 5.10 Å². The van der Waals surface area contributed by atoms with Gasteiger partial charge in [0, 0.05) is 32.4 Å². The van der Waals surface area contributed by atoms with E-state index >= 15 is 0 Å². The van der Waals surface area contributed by atoms with E-state index in [1.54, 1.807) is 15.9 Å². The van der Waals surface area contributed by atoms with Gasteiger partial charge in [0.2, 0.25) is 5.91 Å². The third-order valence-electron chi connectivity index (χ3n) is 3.81. The molecule has 0 radical (unpaired) electrons. The molecular formula is C15H16N4O4S. The Morgan fingerprint density at radius 3 is 2.42 bits per heavy atom. The number of carboxylic acid groups (broad SMARTS) is 1. The van der Waals surface area contributed by atoms with Gasteiger partial charge in [0.25, 0.3) is 5.91 Å². The van der Waals surface area contributed by atoms with Crippen LogP contribution in [0.15, 0.2) is 29.8 Å². The monoisotopic (exact) mass is 348 g/mol. The smallest absolute Gasteiger partial charge is 0.356 e. The molecule has 2 aromatic rings. The molecule has 1 aliphatic heterocycles. The summed E-state index contributed by atoms with van der Waals surface area (Å²) in [6, 6.07) is 4.99. The molecule has 3 rings (SSSR count). The largest absolute Gasteiger partial charge is 0.476 e. The lowest BCUT2D eigenvalue weighted by atomic mass is 10.3. The standard InChI is InChI=1S/C15H16N4O4S/c20-13(10-19-4-3-11(16-19)15(22)23)17-5-7-18(8-6-17)14(21)12-2-1-9-24-12/h1-4,9H,5-8,10H2,(H,22,23). The number of hydrogen-bond donors (Lipinski definition) is 1. The number of aromatic nitrogens is 2. The second kappa shape index (κ2) is 6.83. The second-order valence-corrected chi connectivity index (χ2v) is 6.30. The summed E-state index contributed by atoms with van der Waals surface area (Å²) < 4.78 is 1.31. The van der Waals surface area contributed by atoms with Crippen molar-refractivity contribution in [1.82, 2.24) is 19.6 Å². The Hall–Kier alpha value is -2.68. The van der Waals surface area contributed by atoms with Gasteiger partial charge in [0.15, 0.2) is 5.69 Å². The molecule has 0 aliphatic carbocycles. The SMILES string of the molecule is O=C(O)c1ccn(CC(=O)N2CCN(C(=O)c3cccs3)CC2)n1. The van der Waals surface area contributed by atoms with E-state index in [9.17, 15) is 14.4 Å². The van der Waals surface area contributed by atoms with E-state index in [4.69, 9.17) is 5.11 Å². The quantitative estimate of drug-likeness (QED) is 0.874. The molecule has 24 heavy (non-hydrogen) atoms. The van der Waals surface area contributed by atoms with E-state index in [1.165, 1.54) is 28.3 Å². The van der Waals surface area contributed by atoms with Crippen LogP contribution in [0.4, 0.5) is 0 Å². The Labute approximate surface area is 141 Å². The van der Waals surface area contributed by atoms with Gasteiger partial charge in [-0.25, -0.2) is 4.79 Å². The molecule has 1 aliphatic rings. The van der Waals surface area contributed by atoms with Crippen LogP contribution in [0.5, 0.6) is 0 Å². The molecule has 0 atom stereocenters. The van der Waals surface area contributed by atoms with Crippen molar-refractivity contribution in [3.63, 3.8) is 0 Å². The summed E-state index contributed by atoms with van der Waals surface area (Å²) in [7, 11) is 0. The molecule has 0 unspecified atom stereocenters. The molecule has 0 bridgehead atoms. The lowest BCUT2D eigenvalue weighted by Crippen LogP contribution is -2.51. The predicted molar refractivity (Wildman–Crippen MR) is 86.0 cm³/mol. The fourth-order valence-corrected chi connectivity index (χ4v) is 3.21. The summed E-state index contributed by atoms with van der Waals surface area (Å²) in [5.74, 6) is -1.27. The molecule has 3 heterocycles. The number of aromatic carboxylic acids is 1. The van der Waals surface area contributed by atoms with Crippen LogP contribution in [-0.4, -0.2) is 68.6 Å². The number of amides is 2. The van der Waals surface area contributed by atoms with Gasteiger partial charge in [-0.05, 0) is 17.5 Å². The van der Waals surface area contributed by atoms with E-state index in [0.717, 1.165) is 0 Å². The highest BCUT2D eigenvalue weighted by atomic mass is 32.1. The zero-order valence-corrected chi connectivity index (χ0v) is 13.6. The summed E-state index contributed by atoms with van der Waals surface area (Å²) >= 11 is 1.41. The van der Waals surface area contributed by atoms with Crippen molar-refractivity contribution in [3.8, 4) is 0 Å². The Morgan fingerprint density at radius 2 is 1.83 bits per heavy atom. The third kappa shape index (κ3) is 3.46. The molecule has 2 amide bonds. The Kier molecular flexibility index (Phi) is 4.61. The van der Waals surface area contributed by atoms with Crippen molar-refractivity contribution < 1.29 is 19.5 Å². The summed E-state index contributed by atoms with van der Waals surface area (Å²) in [4.78, 5) is 39.4. The zero-order valence-electron chi connectivity index (χ0n) is 12.8. The van der Waals surface area contributed by atoms with E-state index in [-0.39, 0.29) is 24.1 Å². The summed E-state index contributed by atoms with van der Waals surface area (Å²) in [6.45, 7) is 1.89. The molecule has 1 saturated heterocycles. The Bertz CT molecular complexity index is 747. The van der Waals surface area contributed by atoms with Gasteiger partial charge in [-0.15, -0.1) is 11.3 Å². The van der Waals surface area contributed by atoms with E-state index < -0.39 is 5.97 Å². The fraction of sp³-hybridized carbons (Fsp3) is 0.333. The van der Waals surface area contributed by atoms with Crippen LogP contribution in [0.3, 0.4) is 0 Å². The Morgan fingerprint density at radius 1 is 1.12 bits per heavy atom. The Balaban J connectivity index is 1.53. The van der Waals surface area contributed by atoms with Gasteiger partial charge in [0.05, 0.1) is 4.88 Å². The van der Waals surface area contributed by atoms with E-state index in [1.807, 2.05) is 11.4 Å². The maximum Gasteiger partial charge on any atom is 0.356 e. The number of rotatable bonds is 4. The first-order valence-electron chi connectivity index (χ1n) is 7.42. The predicted octanol–water partition coefficient (Wildman–Crippen LogP) is 0.627. The average molecular weight is 348 g/mol. The maximum absolute atomic E-state index is 12.3. The van der Waals surface area contributed by atoms with Gasteiger partial charge in [0.1, 0.15) is 6.54 Å². The molecular weight excluding hydrogens is 332 g/mol. The number of thiophene rings is 1. The number of nitrogens with zero attached hydrogens (tertiary/aromatic N) is 4. The molecule has 2 aromatic heterocycles. The highest BCUT2D eigenvalue weighted by Crippen LogP contribution is 2.14. The van der Waals surface area contributed by atoms with Crippen LogP contribution < -0.4 is 0 Å². The first-order chi connectivity index (χ1) is 11.5. The molecule has 0 saturated carbocycles. The van der Waals surface area contributed by atoms with Crippen LogP contribution in [0.2, 0.25) is 0 Å². The van der Waals surface area contributed by atoms with Gasteiger partial charge >= 0.3 is 5.97 Å². The van der Waals surface area contributed by atoms with Gasteiger partial charge < -0.3 is 14.9 Å². The topological polar surface area (TPSA) is 95.7 Å². The normalized spacial score (nSPS) is 14.7. The van der Waals surface area contributed by atoms with Crippen LogP contribution in [0.25, 0.3) is 0 Å². The van der Waals surface area contributed by atoms with Gasteiger partial charge in [-0.1, -0.05) is 6.07 Å². The fourth-order valence-electron chi connectivity index (χ4n) is 2.52. The maximum atomic E-state index is 12.3. The number of carbonyl (C=O) groups excluding carboxylic acids is 2. The molecule has 9 heteroatoms. The lowest BCUT2D eigenvalue weighted by Gasteiger charge is -2.34. The van der Waals surface area contributed by atoms with Crippen molar-refractivity contribution >= 4 is 29.1 Å².